The van der Waals surface area contributed by atoms with Crippen molar-refractivity contribution >= 4 is 5.91 Å². The van der Waals surface area contributed by atoms with E-state index in [0.717, 1.165) is 11.1 Å². The number of rotatable bonds is 8. The first-order valence-corrected chi connectivity index (χ1v) is 9.42. The molecule has 0 bridgehead atoms. The number of hydrogen-bond acceptors (Lipinski definition) is 6. The van der Waals surface area contributed by atoms with E-state index in [0.29, 0.717) is 23.2 Å². The van der Waals surface area contributed by atoms with E-state index in [2.05, 4.69) is 10.1 Å². The van der Waals surface area contributed by atoms with Crippen LogP contribution in [0.2, 0.25) is 0 Å². The van der Waals surface area contributed by atoms with Crippen LogP contribution >= 0.6 is 0 Å². The maximum Gasteiger partial charge on any atom is 0.261 e. The van der Waals surface area contributed by atoms with Gasteiger partial charge in [-0.15, -0.1) is 0 Å². The van der Waals surface area contributed by atoms with E-state index in [-0.39, 0.29) is 25.1 Å². The zero-order chi connectivity index (χ0) is 20.8. The van der Waals surface area contributed by atoms with Gasteiger partial charge >= 0.3 is 0 Å². The van der Waals surface area contributed by atoms with Gasteiger partial charge in [0.2, 0.25) is 11.7 Å². The molecule has 29 heavy (non-hydrogen) atoms. The summed E-state index contributed by atoms with van der Waals surface area (Å²) < 4.78 is 16.2. The SMILES string of the molecule is COc1cccc(OCC(=O)N(Cc2nc(-c3cccc(C)c3)no2)C(C)C)c1. The van der Waals surface area contributed by atoms with E-state index in [1.54, 1.807) is 24.1 Å². The van der Waals surface area contributed by atoms with Gasteiger partial charge in [-0.1, -0.05) is 35.0 Å². The number of aromatic nitrogens is 2. The smallest absolute Gasteiger partial charge is 0.261 e. The molecule has 0 unspecified atom stereocenters. The molecule has 1 heterocycles. The van der Waals surface area contributed by atoms with Gasteiger partial charge in [0, 0.05) is 17.7 Å². The van der Waals surface area contributed by atoms with Crippen molar-refractivity contribution in [3.8, 4) is 22.9 Å². The van der Waals surface area contributed by atoms with E-state index in [4.69, 9.17) is 14.0 Å². The van der Waals surface area contributed by atoms with Crippen LogP contribution in [0.4, 0.5) is 0 Å². The van der Waals surface area contributed by atoms with Crippen molar-refractivity contribution in [2.45, 2.75) is 33.4 Å². The fourth-order valence-corrected chi connectivity index (χ4v) is 2.84. The van der Waals surface area contributed by atoms with Crippen LogP contribution in [-0.4, -0.2) is 40.7 Å². The Morgan fingerprint density at radius 2 is 1.90 bits per heavy atom. The quantitative estimate of drug-likeness (QED) is 0.576. The minimum absolute atomic E-state index is 0.0503. The maximum atomic E-state index is 12.7. The third kappa shape index (κ3) is 5.34. The maximum absolute atomic E-state index is 12.7. The van der Waals surface area contributed by atoms with Gasteiger partial charge in [-0.3, -0.25) is 4.79 Å². The molecule has 0 spiro atoms. The van der Waals surface area contributed by atoms with Gasteiger partial charge < -0.3 is 18.9 Å². The van der Waals surface area contributed by atoms with Crippen molar-refractivity contribution in [1.82, 2.24) is 15.0 Å². The number of carbonyl (C=O) groups excluding carboxylic acids is 1. The zero-order valence-corrected chi connectivity index (χ0v) is 17.1. The van der Waals surface area contributed by atoms with Crippen molar-refractivity contribution in [3.63, 3.8) is 0 Å². The van der Waals surface area contributed by atoms with Gasteiger partial charge in [-0.25, -0.2) is 0 Å². The molecule has 7 heteroatoms. The van der Waals surface area contributed by atoms with Crippen LogP contribution < -0.4 is 9.47 Å². The Bertz CT molecular complexity index is 968. The molecule has 0 N–H and O–H groups in total. The van der Waals surface area contributed by atoms with Gasteiger partial charge in [0.05, 0.1) is 7.11 Å². The van der Waals surface area contributed by atoms with Crippen molar-refractivity contribution in [3.05, 3.63) is 60.0 Å². The molecule has 152 valence electrons. The third-order valence-electron chi connectivity index (χ3n) is 4.40. The lowest BCUT2D eigenvalue weighted by atomic mass is 10.1. The Balaban J connectivity index is 1.66. The van der Waals surface area contributed by atoms with Crippen LogP contribution in [-0.2, 0) is 11.3 Å². The standard InChI is InChI=1S/C22H25N3O4/c1-15(2)25(21(26)14-28-19-10-6-9-18(12-19)27-4)13-20-23-22(24-29-20)17-8-5-7-16(3)11-17/h5-12,15H,13-14H2,1-4H3. The van der Waals surface area contributed by atoms with Gasteiger partial charge in [-0.2, -0.15) is 4.98 Å². The molecule has 0 aliphatic rings. The topological polar surface area (TPSA) is 77.7 Å². The molecule has 7 nitrogen and oxygen atoms in total. The number of benzene rings is 2. The third-order valence-corrected chi connectivity index (χ3v) is 4.40. The molecule has 0 aliphatic carbocycles. The number of aryl methyl sites for hydroxylation is 1. The second kappa shape index (κ2) is 9.23. The lowest BCUT2D eigenvalue weighted by Crippen LogP contribution is -2.39. The highest BCUT2D eigenvalue weighted by Gasteiger charge is 2.21. The van der Waals surface area contributed by atoms with Crippen LogP contribution in [0, 0.1) is 6.92 Å². The van der Waals surface area contributed by atoms with Crippen LogP contribution in [0.5, 0.6) is 11.5 Å². The molecule has 2 aromatic carbocycles. The Morgan fingerprint density at radius 1 is 1.14 bits per heavy atom. The normalized spacial score (nSPS) is 10.8. The summed E-state index contributed by atoms with van der Waals surface area (Å²) in [7, 11) is 1.58. The second-order valence-electron chi connectivity index (χ2n) is 6.96. The van der Waals surface area contributed by atoms with Gasteiger partial charge in [0.1, 0.15) is 18.0 Å². The minimum atomic E-state index is -0.168. The van der Waals surface area contributed by atoms with Crippen LogP contribution in [0.3, 0.4) is 0 Å². The monoisotopic (exact) mass is 395 g/mol. The van der Waals surface area contributed by atoms with Crippen molar-refractivity contribution in [2.24, 2.45) is 0 Å². The first kappa shape index (κ1) is 20.4. The molecule has 0 atom stereocenters. The van der Waals surface area contributed by atoms with Gasteiger partial charge in [0.25, 0.3) is 5.91 Å². The van der Waals surface area contributed by atoms with E-state index in [9.17, 15) is 4.79 Å². The fourth-order valence-electron chi connectivity index (χ4n) is 2.84. The molecule has 1 aromatic heterocycles. The molecule has 0 saturated heterocycles. The van der Waals surface area contributed by atoms with Crippen LogP contribution in [0.25, 0.3) is 11.4 Å². The van der Waals surface area contributed by atoms with E-state index < -0.39 is 0 Å². The Kier molecular flexibility index (Phi) is 6.49. The van der Waals surface area contributed by atoms with E-state index >= 15 is 0 Å². The second-order valence-corrected chi connectivity index (χ2v) is 6.96. The summed E-state index contributed by atoms with van der Waals surface area (Å²) in [5, 5.41) is 4.04. The molecule has 3 rings (SSSR count). The lowest BCUT2D eigenvalue weighted by Gasteiger charge is -2.25. The van der Waals surface area contributed by atoms with Crippen molar-refractivity contribution in [1.29, 1.82) is 0 Å². The summed E-state index contributed by atoms with van der Waals surface area (Å²) in [6, 6.07) is 15.0. The Labute approximate surface area is 170 Å². The highest BCUT2D eigenvalue weighted by molar-refractivity contribution is 5.78. The number of carbonyl (C=O) groups is 1. The molecule has 3 aromatic rings. The predicted octanol–water partition coefficient (Wildman–Crippen LogP) is 3.87. The first-order valence-electron chi connectivity index (χ1n) is 9.42. The minimum Gasteiger partial charge on any atom is -0.497 e. The summed E-state index contributed by atoms with van der Waals surface area (Å²) >= 11 is 0. The number of hydrogen-bond donors (Lipinski definition) is 0. The number of methoxy groups -OCH3 is 1. The average Bonchev–Trinajstić information content (AvgIpc) is 3.19. The Hall–Kier alpha value is -3.35. The highest BCUT2D eigenvalue weighted by Crippen LogP contribution is 2.20. The molecule has 0 aliphatic heterocycles. The largest absolute Gasteiger partial charge is 0.497 e. The fraction of sp³-hybridized carbons (Fsp3) is 0.318. The van der Waals surface area contributed by atoms with Gasteiger partial charge in [-0.05, 0) is 39.0 Å². The number of amides is 1. The van der Waals surface area contributed by atoms with Crippen molar-refractivity contribution < 1.29 is 18.8 Å². The van der Waals surface area contributed by atoms with Crippen LogP contribution in [0.15, 0.2) is 53.1 Å². The van der Waals surface area contributed by atoms with Gasteiger partial charge in [0.15, 0.2) is 6.61 Å². The molecule has 0 radical (unpaired) electrons. The number of ether oxygens (including phenoxy) is 2. The summed E-state index contributed by atoms with van der Waals surface area (Å²) in [5.41, 5.74) is 1.99. The van der Waals surface area contributed by atoms with E-state index in [1.807, 2.05) is 57.2 Å². The Morgan fingerprint density at radius 3 is 2.62 bits per heavy atom. The average molecular weight is 395 g/mol. The summed E-state index contributed by atoms with van der Waals surface area (Å²) in [4.78, 5) is 18.8. The number of nitrogens with zero attached hydrogens (tertiary/aromatic N) is 3. The predicted molar refractivity (Wildman–Crippen MR) is 109 cm³/mol. The zero-order valence-electron chi connectivity index (χ0n) is 17.1. The lowest BCUT2D eigenvalue weighted by molar-refractivity contribution is -0.136. The summed E-state index contributed by atoms with van der Waals surface area (Å²) in [6.45, 7) is 6.00. The molecular weight excluding hydrogens is 370 g/mol. The van der Waals surface area contributed by atoms with Crippen LogP contribution in [0.1, 0.15) is 25.3 Å². The molecule has 0 saturated carbocycles. The molecular formula is C22H25N3O4. The summed E-state index contributed by atoms with van der Waals surface area (Å²) in [6.07, 6.45) is 0. The van der Waals surface area contributed by atoms with Crippen molar-refractivity contribution in [2.75, 3.05) is 13.7 Å². The first-order chi connectivity index (χ1) is 14.0. The molecule has 0 fully saturated rings. The highest BCUT2D eigenvalue weighted by atomic mass is 16.5. The summed E-state index contributed by atoms with van der Waals surface area (Å²) in [5.74, 6) is 1.96. The molecule has 1 amide bonds. The van der Waals surface area contributed by atoms with E-state index in [1.165, 1.54) is 0 Å².